The van der Waals surface area contributed by atoms with Gasteiger partial charge in [-0.15, -0.1) is 0 Å². The van der Waals surface area contributed by atoms with Gasteiger partial charge in [0.25, 0.3) is 5.91 Å². The van der Waals surface area contributed by atoms with Crippen LogP contribution in [0.2, 0.25) is 0 Å². The summed E-state index contributed by atoms with van der Waals surface area (Å²) in [5, 5.41) is 2.71. The van der Waals surface area contributed by atoms with Gasteiger partial charge in [-0.2, -0.15) is 0 Å². The maximum absolute atomic E-state index is 11.4. The van der Waals surface area contributed by atoms with Gasteiger partial charge in [0.2, 0.25) is 0 Å². The van der Waals surface area contributed by atoms with Crippen LogP contribution < -0.4 is 5.32 Å². The molecule has 0 aliphatic carbocycles. The number of amidine groups is 1. The maximum Gasteiger partial charge on any atom is 0.252 e. The van der Waals surface area contributed by atoms with Crippen molar-refractivity contribution < 1.29 is 4.79 Å². The molecule has 1 aliphatic rings. The van der Waals surface area contributed by atoms with E-state index in [2.05, 4.69) is 15.3 Å². The topological polar surface area (TPSA) is 54.4 Å². The fourth-order valence-electron chi connectivity index (χ4n) is 1.24. The second kappa shape index (κ2) is 2.90. The lowest BCUT2D eigenvalue weighted by Gasteiger charge is -2.07. The quantitative estimate of drug-likeness (QED) is 0.708. The number of hydrogen-bond acceptors (Lipinski definition) is 3. The molecule has 2 rings (SSSR count). The van der Waals surface area contributed by atoms with Gasteiger partial charge in [-0.25, -0.2) is 0 Å². The predicted octanol–water partition coefficient (Wildman–Crippen LogP) is 0.737. The Morgan fingerprint density at radius 3 is 2.64 bits per heavy atom. The van der Waals surface area contributed by atoms with Crippen LogP contribution in [0.3, 0.4) is 0 Å². The van der Waals surface area contributed by atoms with Crippen LogP contribution in [-0.2, 0) is 4.79 Å². The van der Waals surface area contributed by atoms with Gasteiger partial charge < -0.3 is 5.32 Å². The first-order valence-electron chi connectivity index (χ1n) is 4.42. The van der Waals surface area contributed by atoms with Crippen LogP contribution in [-0.4, -0.2) is 22.3 Å². The number of nitrogens with zero attached hydrogens (tertiary/aromatic N) is 2. The van der Waals surface area contributed by atoms with Gasteiger partial charge in [-0.05, 0) is 26.0 Å². The number of aliphatic imine (C=N–C) groups is 1. The highest BCUT2D eigenvalue weighted by molar-refractivity contribution is 6.14. The Morgan fingerprint density at radius 1 is 1.36 bits per heavy atom. The molecule has 0 saturated heterocycles. The van der Waals surface area contributed by atoms with Gasteiger partial charge in [0.05, 0.1) is 0 Å². The third kappa shape index (κ3) is 1.39. The van der Waals surface area contributed by atoms with Crippen molar-refractivity contribution in [2.24, 2.45) is 4.99 Å². The molecule has 0 unspecified atom stereocenters. The molecule has 0 radical (unpaired) electrons. The summed E-state index contributed by atoms with van der Waals surface area (Å²) in [4.78, 5) is 19.8. The first kappa shape index (κ1) is 8.87. The number of rotatable bonds is 1. The minimum atomic E-state index is -0.674. The fourth-order valence-corrected chi connectivity index (χ4v) is 1.24. The summed E-state index contributed by atoms with van der Waals surface area (Å²) in [6, 6.07) is 5.51. The number of aromatic nitrogens is 1. The van der Waals surface area contributed by atoms with Crippen molar-refractivity contribution in [1.29, 1.82) is 0 Å². The monoisotopic (exact) mass is 189 g/mol. The van der Waals surface area contributed by atoms with E-state index in [9.17, 15) is 4.79 Å². The average molecular weight is 189 g/mol. The zero-order valence-corrected chi connectivity index (χ0v) is 8.11. The van der Waals surface area contributed by atoms with Crippen LogP contribution in [0.5, 0.6) is 0 Å². The van der Waals surface area contributed by atoms with Gasteiger partial charge >= 0.3 is 0 Å². The Labute approximate surface area is 82.1 Å². The molecule has 0 atom stereocenters. The number of pyridine rings is 1. The minimum Gasteiger partial charge on any atom is -0.307 e. The molecule has 1 amide bonds. The maximum atomic E-state index is 11.4. The normalized spacial score (nSPS) is 19.0. The molecule has 2 heterocycles. The van der Waals surface area contributed by atoms with Gasteiger partial charge in [0.1, 0.15) is 11.2 Å². The lowest BCUT2D eigenvalue weighted by molar-refractivity contribution is -0.122. The molecule has 1 N–H and O–H groups in total. The average Bonchev–Trinajstić information content (AvgIpc) is 2.43. The zero-order chi connectivity index (χ0) is 10.2. The summed E-state index contributed by atoms with van der Waals surface area (Å²) < 4.78 is 0. The van der Waals surface area contributed by atoms with E-state index in [0.717, 1.165) is 0 Å². The van der Waals surface area contributed by atoms with E-state index in [-0.39, 0.29) is 5.91 Å². The first-order chi connectivity index (χ1) is 6.59. The lowest BCUT2D eigenvalue weighted by Crippen LogP contribution is -2.34. The Morgan fingerprint density at radius 2 is 2.14 bits per heavy atom. The van der Waals surface area contributed by atoms with Crippen molar-refractivity contribution in [2.75, 3.05) is 0 Å². The van der Waals surface area contributed by atoms with Crippen LogP contribution in [0, 0.1) is 0 Å². The molecule has 0 saturated carbocycles. The van der Waals surface area contributed by atoms with E-state index in [1.54, 1.807) is 20.0 Å². The standard InChI is InChI=1S/C10H11N3O/c1-10(2)9(14)12-8(13-10)7-5-3-4-6-11-7/h3-6H,1-2H3,(H,12,13,14). The molecule has 72 valence electrons. The highest BCUT2D eigenvalue weighted by Gasteiger charge is 2.34. The molecule has 0 bridgehead atoms. The predicted molar refractivity (Wildman–Crippen MR) is 53.0 cm³/mol. The van der Waals surface area contributed by atoms with Crippen LogP contribution in [0.25, 0.3) is 0 Å². The van der Waals surface area contributed by atoms with Gasteiger partial charge in [-0.1, -0.05) is 6.07 Å². The summed E-state index contributed by atoms with van der Waals surface area (Å²) in [7, 11) is 0. The van der Waals surface area contributed by atoms with Gasteiger partial charge in [0, 0.05) is 6.20 Å². The summed E-state index contributed by atoms with van der Waals surface area (Å²) in [6.45, 7) is 3.55. The SMILES string of the molecule is CC1(C)N=C(c2ccccn2)NC1=O. The first-order valence-corrected chi connectivity index (χ1v) is 4.42. The van der Waals surface area contributed by atoms with Crippen molar-refractivity contribution in [3.63, 3.8) is 0 Å². The van der Waals surface area contributed by atoms with Crippen molar-refractivity contribution in [2.45, 2.75) is 19.4 Å². The van der Waals surface area contributed by atoms with E-state index in [0.29, 0.717) is 11.5 Å². The van der Waals surface area contributed by atoms with Crippen LogP contribution in [0.1, 0.15) is 19.5 Å². The van der Waals surface area contributed by atoms with Gasteiger partial charge in [0.15, 0.2) is 5.84 Å². The number of carbonyl (C=O) groups is 1. The van der Waals surface area contributed by atoms with E-state index >= 15 is 0 Å². The molecule has 0 spiro atoms. The summed E-state index contributed by atoms with van der Waals surface area (Å²) >= 11 is 0. The molecule has 1 aromatic heterocycles. The van der Waals surface area contributed by atoms with E-state index in [1.165, 1.54) is 0 Å². The fraction of sp³-hybridized carbons (Fsp3) is 0.300. The second-order valence-corrected chi connectivity index (χ2v) is 3.69. The lowest BCUT2D eigenvalue weighted by atomic mass is 10.1. The Balaban J connectivity index is 2.36. The third-order valence-electron chi connectivity index (χ3n) is 2.09. The highest BCUT2D eigenvalue weighted by atomic mass is 16.2. The highest BCUT2D eigenvalue weighted by Crippen LogP contribution is 2.16. The molecule has 0 aromatic carbocycles. The molecular weight excluding hydrogens is 178 g/mol. The number of carbonyl (C=O) groups excluding carboxylic acids is 1. The molecule has 0 fully saturated rings. The number of nitrogens with one attached hydrogen (secondary N) is 1. The van der Waals surface area contributed by atoms with E-state index < -0.39 is 5.54 Å². The van der Waals surface area contributed by atoms with Crippen LogP contribution in [0.15, 0.2) is 29.4 Å². The molecule has 1 aliphatic heterocycles. The summed E-state index contributed by atoms with van der Waals surface area (Å²) in [5.41, 5.74) is 0.0266. The Hall–Kier alpha value is -1.71. The largest absolute Gasteiger partial charge is 0.307 e. The summed E-state index contributed by atoms with van der Waals surface area (Å²) in [6.07, 6.45) is 1.68. The molecule has 4 heteroatoms. The number of amides is 1. The van der Waals surface area contributed by atoms with E-state index in [1.807, 2.05) is 18.2 Å². The van der Waals surface area contributed by atoms with Crippen molar-refractivity contribution in [1.82, 2.24) is 10.3 Å². The Kier molecular flexibility index (Phi) is 1.84. The van der Waals surface area contributed by atoms with Crippen molar-refractivity contribution >= 4 is 11.7 Å². The number of hydrogen-bond donors (Lipinski definition) is 1. The minimum absolute atomic E-state index is 0.0850. The molecular formula is C10H11N3O. The third-order valence-corrected chi connectivity index (χ3v) is 2.09. The molecule has 14 heavy (non-hydrogen) atoms. The van der Waals surface area contributed by atoms with E-state index in [4.69, 9.17) is 0 Å². The zero-order valence-electron chi connectivity index (χ0n) is 8.11. The molecule has 4 nitrogen and oxygen atoms in total. The molecule has 1 aromatic rings. The Bertz CT molecular complexity index is 395. The second-order valence-electron chi connectivity index (χ2n) is 3.69. The smallest absolute Gasteiger partial charge is 0.252 e. The van der Waals surface area contributed by atoms with Crippen LogP contribution >= 0.6 is 0 Å². The van der Waals surface area contributed by atoms with Crippen LogP contribution in [0.4, 0.5) is 0 Å². The van der Waals surface area contributed by atoms with Gasteiger partial charge in [-0.3, -0.25) is 14.8 Å². The summed E-state index contributed by atoms with van der Waals surface area (Å²) in [5.74, 6) is 0.471. The van der Waals surface area contributed by atoms with Crippen molar-refractivity contribution in [3.8, 4) is 0 Å². The van der Waals surface area contributed by atoms with Crippen molar-refractivity contribution in [3.05, 3.63) is 30.1 Å².